The topological polar surface area (TPSA) is 71.8 Å². The molecule has 6 nitrogen and oxygen atoms in total. The smallest absolute Gasteiger partial charge is 0.273 e. The van der Waals surface area contributed by atoms with E-state index in [0.717, 1.165) is 25.1 Å². The van der Waals surface area contributed by atoms with Crippen LogP contribution >= 0.6 is 12.4 Å². The Morgan fingerprint density at radius 2 is 2.33 bits per heavy atom. The van der Waals surface area contributed by atoms with Crippen molar-refractivity contribution in [3.05, 3.63) is 47.5 Å². The van der Waals surface area contributed by atoms with E-state index in [0.29, 0.717) is 12.5 Å². The molecular formula is C16H21ClFN5O. The molecule has 2 N–H and O–H groups in total. The first kappa shape index (κ1) is 18.4. The average Bonchev–Trinajstić information content (AvgIpc) is 2.98. The molecule has 0 radical (unpaired) electrons. The Hall–Kier alpha value is -1.99. The quantitative estimate of drug-likeness (QED) is 0.876. The Labute approximate surface area is 146 Å². The predicted molar refractivity (Wildman–Crippen MR) is 90.7 cm³/mol. The van der Waals surface area contributed by atoms with Gasteiger partial charge in [-0.3, -0.25) is 4.79 Å². The number of halogens is 2. The minimum Gasteiger partial charge on any atom is -0.346 e. The number of rotatable bonds is 4. The molecule has 1 fully saturated rings. The van der Waals surface area contributed by atoms with Crippen LogP contribution < -0.4 is 10.6 Å². The van der Waals surface area contributed by atoms with Gasteiger partial charge in [-0.25, -0.2) is 9.07 Å². The number of nitrogens with one attached hydrogen (secondary N) is 2. The van der Waals surface area contributed by atoms with Crippen LogP contribution in [0.4, 0.5) is 4.39 Å². The molecule has 0 aliphatic carbocycles. The zero-order valence-corrected chi connectivity index (χ0v) is 14.2. The fraction of sp³-hybridized carbons (Fsp3) is 0.438. The monoisotopic (exact) mass is 353 g/mol. The number of aromatic nitrogens is 3. The van der Waals surface area contributed by atoms with Gasteiger partial charge in [0.2, 0.25) is 0 Å². The zero-order valence-electron chi connectivity index (χ0n) is 13.4. The van der Waals surface area contributed by atoms with Gasteiger partial charge in [0.15, 0.2) is 5.69 Å². The maximum atomic E-state index is 13.2. The largest absolute Gasteiger partial charge is 0.346 e. The lowest BCUT2D eigenvalue weighted by molar-refractivity contribution is 0.0910. The van der Waals surface area contributed by atoms with Gasteiger partial charge < -0.3 is 10.6 Å². The number of nitrogens with zero attached hydrogens (tertiary/aromatic N) is 3. The number of carbonyl (C=O) groups excluding carboxylic acids is 1. The summed E-state index contributed by atoms with van der Waals surface area (Å²) in [6.45, 7) is 4.26. The van der Waals surface area contributed by atoms with Crippen molar-refractivity contribution in [3.63, 3.8) is 0 Å². The van der Waals surface area contributed by atoms with Crippen LogP contribution in [0, 0.1) is 11.7 Å². The Balaban J connectivity index is 0.00000208. The molecule has 1 aromatic heterocycles. The molecule has 0 saturated carbocycles. The van der Waals surface area contributed by atoms with Gasteiger partial charge >= 0.3 is 0 Å². The molecule has 1 aromatic carbocycles. The summed E-state index contributed by atoms with van der Waals surface area (Å²) in [5.74, 6) is -0.0852. The first-order chi connectivity index (χ1) is 11.1. The van der Waals surface area contributed by atoms with Crippen molar-refractivity contribution < 1.29 is 9.18 Å². The second-order valence-corrected chi connectivity index (χ2v) is 5.98. The number of hydrogen-bond donors (Lipinski definition) is 2. The van der Waals surface area contributed by atoms with E-state index in [9.17, 15) is 9.18 Å². The van der Waals surface area contributed by atoms with Gasteiger partial charge in [-0.05, 0) is 36.6 Å². The van der Waals surface area contributed by atoms with E-state index >= 15 is 0 Å². The van der Waals surface area contributed by atoms with Crippen molar-refractivity contribution in [3.8, 4) is 0 Å². The van der Waals surface area contributed by atoms with E-state index in [-0.39, 0.29) is 35.9 Å². The van der Waals surface area contributed by atoms with Crippen molar-refractivity contribution in [1.82, 2.24) is 25.6 Å². The summed E-state index contributed by atoms with van der Waals surface area (Å²) < 4.78 is 14.7. The molecule has 0 spiro atoms. The van der Waals surface area contributed by atoms with Gasteiger partial charge in [-0.15, -0.1) is 17.5 Å². The van der Waals surface area contributed by atoms with E-state index in [4.69, 9.17) is 0 Å². The highest BCUT2D eigenvalue weighted by Crippen LogP contribution is 2.12. The Morgan fingerprint density at radius 1 is 1.50 bits per heavy atom. The molecule has 2 unspecified atom stereocenters. The van der Waals surface area contributed by atoms with Crippen LogP contribution in [0.25, 0.3) is 0 Å². The second kappa shape index (κ2) is 8.21. The van der Waals surface area contributed by atoms with Crippen LogP contribution in [0.15, 0.2) is 30.5 Å². The van der Waals surface area contributed by atoms with Crippen molar-refractivity contribution in [1.29, 1.82) is 0 Å². The third-order valence-corrected chi connectivity index (χ3v) is 4.15. The lowest BCUT2D eigenvalue weighted by Crippen LogP contribution is -2.50. The summed E-state index contributed by atoms with van der Waals surface area (Å²) in [5, 5.41) is 14.1. The molecule has 3 rings (SSSR count). The van der Waals surface area contributed by atoms with Crippen LogP contribution in [0.2, 0.25) is 0 Å². The molecule has 0 bridgehead atoms. The van der Waals surface area contributed by atoms with E-state index in [1.165, 1.54) is 16.8 Å². The second-order valence-electron chi connectivity index (χ2n) is 5.98. The molecule has 1 saturated heterocycles. The van der Waals surface area contributed by atoms with Gasteiger partial charge in [0, 0.05) is 12.6 Å². The predicted octanol–water partition coefficient (Wildman–Crippen LogP) is 1.62. The third-order valence-electron chi connectivity index (χ3n) is 4.15. The molecule has 2 aromatic rings. The van der Waals surface area contributed by atoms with Gasteiger partial charge in [0.1, 0.15) is 5.82 Å². The van der Waals surface area contributed by atoms with Gasteiger partial charge in [0.25, 0.3) is 5.91 Å². The highest BCUT2D eigenvalue weighted by Gasteiger charge is 2.24. The summed E-state index contributed by atoms with van der Waals surface area (Å²) in [7, 11) is 0. The van der Waals surface area contributed by atoms with Crippen LogP contribution in [0.1, 0.15) is 29.4 Å². The number of benzene rings is 1. The fourth-order valence-corrected chi connectivity index (χ4v) is 2.73. The van der Waals surface area contributed by atoms with Crippen molar-refractivity contribution in [2.24, 2.45) is 5.92 Å². The number of carbonyl (C=O) groups is 1. The third kappa shape index (κ3) is 4.52. The Bertz CT molecular complexity index is 693. The van der Waals surface area contributed by atoms with Crippen molar-refractivity contribution in [2.75, 3.05) is 13.1 Å². The van der Waals surface area contributed by atoms with Crippen LogP contribution in [0.5, 0.6) is 0 Å². The van der Waals surface area contributed by atoms with Gasteiger partial charge in [-0.2, -0.15) is 0 Å². The summed E-state index contributed by atoms with van der Waals surface area (Å²) in [4.78, 5) is 12.3. The van der Waals surface area contributed by atoms with E-state index in [1.807, 2.05) is 0 Å². The van der Waals surface area contributed by atoms with E-state index in [1.54, 1.807) is 18.3 Å². The fourth-order valence-electron chi connectivity index (χ4n) is 2.73. The number of piperidine rings is 1. The molecular weight excluding hydrogens is 333 g/mol. The summed E-state index contributed by atoms with van der Waals surface area (Å²) in [5.41, 5.74) is 1.05. The van der Waals surface area contributed by atoms with Crippen LogP contribution in [0.3, 0.4) is 0 Å². The maximum Gasteiger partial charge on any atom is 0.273 e. The zero-order chi connectivity index (χ0) is 16.2. The maximum absolute atomic E-state index is 13.2. The Kier molecular flexibility index (Phi) is 6.28. The standard InChI is InChI=1S/C16H20FN5O.ClH/c1-11-5-6-18-8-14(11)19-16(23)15-10-22(21-20-15)9-12-3-2-4-13(17)7-12;/h2-4,7,10-11,14,18H,5-6,8-9H2,1H3,(H,19,23);1H. The van der Waals surface area contributed by atoms with Crippen molar-refractivity contribution >= 4 is 18.3 Å². The van der Waals surface area contributed by atoms with E-state index < -0.39 is 0 Å². The van der Waals surface area contributed by atoms with Gasteiger partial charge in [-0.1, -0.05) is 24.3 Å². The SMILES string of the molecule is CC1CCNCC1NC(=O)c1cn(Cc2cccc(F)c2)nn1.Cl. The van der Waals surface area contributed by atoms with Crippen molar-refractivity contribution in [2.45, 2.75) is 25.9 Å². The van der Waals surface area contributed by atoms with Gasteiger partial charge in [0.05, 0.1) is 12.7 Å². The first-order valence-corrected chi connectivity index (χ1v) is 7.78. The summed E-state index contributed by atoms with van der Waals surface area (Å²) in [6.07, 6.45) is 2.62. The Morgan fingerprint density at radius 3 is 3.08 bits per heavy atom. The lowest BCUT2D eigenvalue weighted by atomic mass is 9.95. The molecule has 130 valence electrons. The number of hydrogen-bond acceptors (Lipinski definition) is 4. The summed E-state index contributed by atoms with van der Waals surface area (Å²) >= 11 is 0. The van der Waals surface area contributed by atoms with E-state index in [2.05, 4.69) is 27.9 Å². The van der Waals surface area contributed by atoms with Crippen LogP contribution in [-0.2, 0) is 6.54 Å². The number of amides is 1. The average molecular weight is 354 g/mol. The molecule has 1 aliphatic rings. The molecule has 24 heavy (non-hydrogen) atoms. The van der Waals surface area contributed by atoms with Crippen LogP contribution in [-0.4, -0.2) is 40.0 Å². The first-order valence-electron chi connectivity index (χ1n) is 7.78. The minimum absolute atomic E-state index is 0. The summed E-state index contributed by atoms with van der Waals surface area (Å²) in [6, 6.07) is 6.39. The lowest BCUT2D eigenvalue weighted by Gasteiger charge is -2.29. The molecule has 2 heterocycles. The highest BCUT2D eigenvalue weighted by molar-refractivity contribution is 5.92. The molecule has 1 amide bonds. The molecule has 2 atom stereocenters. The molecule has 1 aliphatic heterocycles. The molecule has 8 heteroatoms. The minimum atomic E-state index is -0.292. The highest BCUT2D eigenvalue weighted by atomic mass is 35.5. The normalized spacial score (nSPS) is 20.2.